The average Bonchev–Trinajstić information content (AvgIpc) is 2.85. The van der Waals surface area contributed by atoms with Gasteiger partial charge in [0.15, 0.2) is 0 Å². The van der Waals surface area contributed by atoms with Crippen LogP contribution in [0.4, 0.5) is 0 Å². The number of thiophene rings is 1. The molecule has 0 aliphatic heterocycles. The first-order valence-electron chi connectivity index (χ1n) is 5.70. The zero-order valence-electron chi connectivity index (χ0n) is 9.89. The molecule has 4 heteroatoms. The first kappa shape index (κ1) is 12.2. The van der Waals surface area contributed by atoms with E-state index in [1.165, 1.54) is 11.1 Å². The average molecular weight is 247 g/mol. The summed E-state index contributed by atoms with van der Waals surface area (Å²) in [6.07, 6.45) is 3.83. The number of nitrogens with one attached hydrogen (secondary N) is 1. The van der Waals surface area contributed by atoms with E-state index in [0.29, 0.717) is 0 Å². The summed E-state index contributed by atoms with van der Waals surface area (Å²) >= 11 is 1.73. The van der Waals surface area contributed by atoms with Gasteiger partial charge in [0.25, 0.3) is 0 Å². The summed E-state index contributed by atoms with van der Waals surface area (Å²) in [5.41, 5.74) is 6.48. The van der Waals surface area contributed by atoms with Crippen molar-refractivity contribution in [3.63, 3.8) is 0 Å². The van der Waals surface area contributed by atoms with Crippen molar-refractivity contribution in [2.75, 3.05) is 0 Å². The van der Waals surface area contributed by atoms with Gasteiger partial charge in [-0.3, -0.25) is 16.3 Å². The van der Waals surface area contributed by atoms with Crippen molar-refractivity contribution in [2.24, 2.45) is 5.84 Å². The standard InChI is InChI=1S/C13H17N3S/c1-10-12(3-2-7-15-10)13(16-14)5-4-11-6-8-17-9-11/h2-3,6-9,13,16H,4-5,14H2,1H3. The van der Waals surface area contributed by atoms with Gasteiger partial charge >= 0.3 is 0 Å². The van der Waals surface area contributed by atoms with Gasteiger partial charge in [-0.25, -0.2) is 0 Å². The summed E-state index contributed by atoms with van der Waals surface area (Å²) in [7, 11) is 0. The van der Waals surface area contributed by atoms with Crippen molar-refractivity contribution in [2.45, 2.75) is 25.8 Å². The molecule has 0 aliphatic carbocycles. The molecule has 0 amide bonds. The minimum atomic E-state index is 0.170. The quantitative estimate of drug-likeness (QED) is 0.630. The second-order valence-corrected chi connectivity index (χ2v) is 4.85. The monoisotopic (exact) mass is 247 g/mol. The van der Waals surface area contributed by atoms with E-state index in [-0.39, 0.29) is 6.04 Å². The Morgan fingerprint density at radius 1 is 1.47 bits per heavy atom. The van der Waals surface area contributed by atoms with Crippen LogP contribution in [0.1, 0.15) is 29.3 Å². The van der Waals surface area contributed by atoms with Gasteiger partial charge in [0, 0.05) is 17.9 Å². The van der Waals surface area contributed by atoms with Crippen LogP contribution in [-0.4, -0.2) is 4.98 Å². The molecule has 0 aliphatic rings. The van der Waals surface area contributed by atoms with Crippen LogP contribution in [0.3, 0.4) is 0 Å². The SMILES string of the molecule is Cc1ncccc1C(CCc1ccsc1)NN. The van der Waals surface area contributed by atoms with Crippen LogP contribution in [0.25, 0.3) is 0 Å². The van der Waals surface area contributed by atoms with Crippen LogP contribution in [0.5, 0.6) is 0 Å². The van der Waals surface area contributed by atoms with E-state index in [4.69, 9.17) is 5.84 Å². The fourth-order valence-electron chi connectivity index (χ4n) is 1.94. The number of pyridine rings is 1. The minimum absolute atomic E-state index is 0.170. The highest BCUT2D eigenvalue weighted by Gasteiger charge is 2.12. The molecule has 0 spiro atoms. The van der Waals surface area contributed by atoms with E-state index in [1.54, 1.807) is 11.3 Å². The van der Waals surface area contributed by atoms with Gasteiger partial charge in [-0.15, -0.1) is 0 Å². The third kappa shape index (κ3) is 3.12. The van der Waals surface area contributed by atoms with Crippen LogP contribution >= 0.6 is 11.3 Å². The molecular weight excluding hydrogens is 230 g/mol. The second-order valence-electron chi connectivity index (χ2n) is 4.07. The third-order valence-corrected chi connectivity index (χ3v) is 3.66. The Balaban J connectivity index is 2.04. The molecule has 0 bridgehead atoms. The summed E-state index contributed by atoms with van der Waals surface area (Å²) in [5.74, 6) is 5.64. The van der Waals surface area contributed by atoms with Crippen molar-refractivity contribution in [3.8, 4) is 0 Å². The topological polar surface area (TPSA) is 50.9 Å². The van der Waals surface area contributed by atoms with E-state index in [2.05, 4.69) is 33.3 Å². The highest BCUT2D eigenvalue weighted by Crippen LogP contribution is 2.21. The van der Waals surface area contributed by atoms with Crippen LogP contribution in [0, 0.1) is 6.92 Å². The van der Waals surface area contributed by atoms with Crippen molar-refractivity contribution >= 4 is 11.3 Å². The number of nitrogens with two attached hydrogens (primary N) is 1. The number of rotatable bonds is 5. The Labute approximate surface area is 106 Å². The summed E-state index contributed by atoms with van der Waals surface area (Å²) in [4.78, 5) is 4.30. The summed E-state index contributed by atoms with van der Waals surface area (Å²) in [5, 5.41) is 4.29. The van der Waals surface area contributed by atoms with E-state index in [9.17, 15) is 0 Å². The highest BCUT2D eigenvalue weighted by molar-refractivity contribution is 7.07. The highest BCUT2D eigenvalue weighted by atomic mass is 32.1. The van der Waals surface area contributed by atoms with Crippen LogP contribution < -0.4 is 11.3 Å². The fourth-order valence-corrected chi connectivity index (χ4v) is 2.64. The fraction of sp³-hybridized carbons (Fsp3) is 0.308. The van der Waals surface area contributed by atoms with Crippen molar-refractivity contribution in [1.29, 1.82) is 0 Å². The molecule has 1 unspecified atom stereocenters. The van der Waals surface area contributed by atoms with Gasteiger partial charge in [0.2, 0.25) is 0 Å². The lowest BCUT2D eigenvalue weighted by Gasteiger charge is -2.17. The molecule has 1 atom stereocenters. The molecule has 0 radical (unpaired) electrons. The molecule has 17 heavy (non-hydrogen) atoms. The summed E-state index contributed by atoms with van der Waals surface area (Å²) in [6.45, 7) is 2.02. The van der Waals surface area contributed by atoms with Crippen LogP contribution in [0.2, 0.25) is 0 Å². The van der Waals surface area contributed by atoms with E-state index in [1.807, 2.05) is 19.2 Å². The molecule has 2 aromatic heterocycles. The molecule has 3 N–H and O–H groups in total. The predicted molar refractivity (Wildman–Crippen MR) is 71.7 cm³/mol. The maximum atomic E-state index is 5.64. The Kier molecular flexibility index (Phi) is 4.25. The molecule has 0 fully saturated rings. The first-order chi connectivity index (χ1) is 8.31. The largest absolute Gasteiger partial charge is 0.271 e. The van der Waals surface area contributed by atoms with Crippen molar-refractivity contribution < 1.29 is 0 Å². The lowest BCUT2D eigenvalue weighted by atomic mass is 10.00. The molecule has 0 saturated carbocycles. The van der Waals surface area contributed by atoms with Crippen LogP contribution in [-0.2, 0) is 6.42 Å². The first-order valence-corrected chi connectivity index (χ1v) is 6.64. The van der Waals surface area contributed by atoms with Gasteiger partial charge in [-0.1, -0.05) is 6.07 Å². The lowest BCUT2D eigenvalue weighted by molar-refractivity contribution is 0.512. The second kappa shape index (κ2) is 5.91. The van der Waals surface area contributed by atoms with Gasteiger partial charge in [-0.05, 0) is 53.8 Å². The third-order valence-electron chi connectivity index (χ3n) is 2.93. The lowest BCUT2D eigenvalue weighted by Crippen LogP contribution is -2.29. The number of nitrogens with zero attached hydrogens (tertiary/aromatic N) is 1. The van der Waals surface area contributed by atoms with E-state index < -0.39 is 0 Å². The zero-order valence-corrected chi connectivity index (χ0v) is 10.7. The number of hydrogen-bond acceptors (Lipinski definition) is 4. The van der Waals surface area contributed by atoms with E-state index >= 15 is 0 Å². The van der Waals surface area contributed by atoms with E-state index in [0.717, 1.165) is 18.5 Å². The zero-order chi connectivity index (χ0) is 12.1. The van der Waals surface area contributed by atoms with Gasteiger partial charge in [-0.2, -0.15) is 11.3 Å². The Morgan fingerprint density at radius 3 is 3.00 bits per heavy atom. The molecule has 2 aromatic rings. The Morgan fingerprint density at radius 2 is 2.35 bits per heavy atom. The van der Waals surface area contributed by atoms with Gasteiger partial charge in [0.1, 0.15) is 0 Å². The predicted octanol–water partition coefficient (Wildman–Crippen LogP) is 2.59. The number of hydrogen-bond donors (Lipinski definition) is 2. The van der Waals surface area contributed by atoms with Gasteiger partial charge < -0.3 is 0 Å². The minimum Gasteiger partial charge on any atom is -0.271 e. The molecule has 2 rings (SSSR count). The maximum absolute atomic E-state index is 5.64. The molecule has 0 aromatic carbocycles. The number of aromatic nitrogens is 1. The molecular formula is C13H17N3S. The summed E-state index contributed by atoms with van der Waals surface area (Å²) < 4.78 is 0. The smallest absolute Gasteiger partial charge is 0.0481 e. The summed E-state index contributed by atoms with van der Waals surface area (Å²) in [6, 6.07) is 6.37. The molecule has 2 heterocycles. The maximum Gasteiger partial charge on any atom is 0.0481 e. The number of aryl methyl sites for hydroxylation is 2. The van der Waals surface area contributed by atoms with Crippen molar-refractivity contribution in [3.05, 3.63) is 52.0 Å². The Bertz CT molecular complexity index is 453. The van der Waals surface area contributed by atoms with Crippen molar-refractivity contribution in [1.82, 2.24) is 10.4 Å². The molecule has 0 saturated heterocycles. The Hall–Kier alpha value is -1.23. The van der Waals surface area contributed by atoms with Crippen LogP contribution in [0.15, 0.2) is 35.2 Å². The normalized spacial score (nSPS) is 12.6. The van der Waals surface area contributed by atoms with Gasteiger partial charge in [0.05, 0.1) is 0 Å². The number of hydrazine groups is 1. The molecule has 3 nitrogen and oxygen atoms in total. The molecule has 90 valence electrons.